The molecule has 2 aromatic heterocycles. The number of hydrogen-bond acceptors (Lipinski definition) is 5. The molecule has 0 saturated carbocycles. The van der Waals surface area contributed by atoms with Gasteiger partial charge in [-0.1, -0.05) is 6.92 Å². The molecule has 9 heteroatoms. The van der Waals surface area contributed by atoms with E-state index in [-0.39, 0.29) is 9.77 Å². The summed E-state index contributed by atoms with van der Waals surface area (Å²) in [6.45, 7) is 3.39. The third-order valence-corrected chi connectivity index (χ3v) is 5.81. The number of aryl methyl sites for hydroxylation is 1. The number of aromatic nitrogens is 2. The number of H-pyrrole nitrogens is 1. The standard InChI is InChI=1S/C12H15N3O4S2/c1-3-8(11-13-4-5-14-11)15-21(18,19)10-7(2)6-20-9(10)12(16)17/h4-6,8,15H,3H2,1-2H3,(H,13,14)(H,16,17). The van der Waals surface area contributed by atoms with Crippen molar-refractivity contribution in [3.63, 3.8) is 0 Å². The second-order valence-corrected chi connectivity index (χ2v) is 6.97. The predicted octanol–water partition coefficient (Wildman–Crippen LogP) is 1.91. The van der Waals surface area contributed by atoms with Crippen LogP contribution >= 0.6 is 11.3 Å². The van der Waals surface area contributed by atoms with Gasteiger partial charge < -0.3 is 10.1 Å². The van der Waals surface area contributed by atoms with Crippen molar-refractivity contribution in [2.24, 2.45) is 0 Å². The number of thiophene rings is 1. The number of aromatic amines is 1. The maximum Gasteiger partial charge on any atom is 0.347 e. The fourth-order valence-corrected chi connectivity index (χ4v) is 4.88. The molecular formula is C12H15N3O4S2. The average molecular weight is 329 g/mol. The van der Waals surface area contributed by atoms with Gasteiger partial charge in [0.25, 0.3) is 0 Å². The van der Waals surface area contributed by atoms with E-state index in [4.69, 9.17) is 5.11 Å². The zero-order valence-corrected chi connectivity index (χ0v) is 13.1. The molecule has 0 radical (unpaired) electrons. The van der Waals surface area contributed by atoms with Crippen LogP contribution in [0.1, 0.15) is 40.4 Å². The molecule has 2 rings (SSSR count). The lowest BCUT2D eigenvalue weighted by Crippen LogP contribution is -2.30. The number of sulfonamides is 1. The largest absolute Gasteiger partial charge is 0.477 e. The Balaban J connectivity index is 2.39. The van der Waals surface area contributed by atoms with Gasteiger partial charge in [-0.2, -0.15) is 0 Å². The van der Waals surface area contributed by atoms with Gasteiger partial charge in [-0.05, 0) is 24.3 Å². The van der Waals surface area contributed by atoms with Crippen molar-refractivity contribution in [2.75, 3.05) is 0 Å². The van der Waals surface area contributed by atoms with Crippen molar-refractivity contribution < 1.29 is 18.3 Å². The molecular weight excluding hydrogens is 314 g/mol. The normalized spacial score (nSPS) is 13.2. The van der Waals surface area contributed by atoms with E-state index in [0.29, 0.717) is 17.8 Å². The van der Waals surface area contributed by atoms with Crippen LogP contribution in [0, 0.1) is 6.92 Å². The van der Waals surface area contributed by atoms with Crippen LogP contribution in [0.15, 0.2) is 22.7 Å². The molecule has 21 heavy (non-hydrogen) atoms. The van der Waals surface area contributed by atoms with Gasteiger partial charge >= 0.3 is 5.97 Å². The molecule has 0 aliphatic carbocycles. The van der Waals surface area contributed by atoms with Gasteiger partial charge in [-0.3, -0.25) is 0 Å². The van der Waals surface area contributed by atoms with Crippen molar-refractivity contribution >= 4 is 27.3 Å². The molecule has 1 unspecified atom stereocenters. The number of rotatable bonds is 6. The Morgan fingerprint density at radius 2 is 2.29 bits per heavy atom. The fourth-order valence-electron chi connectivity index (χ4n) is 1.96. The van der Waals surface area contributed by atoms with Crippen LogP contribution < -0.4 is 4.72 Å². The van der Waals surface area contributed by atoms with E-state index in [1.165, 1.54) is 11.6 Å². The summed E-state index contributed by atoms with van der Waals surface area (Å²) in [6.07, 6.45) is 3.62. The first-order valence-corrected chi connectivity index (χ1v) is 8.56. The maximum absolute atomic E-state index is 12.5. The van der Waals surface area contributed by atoms with E-state index in [9.17, 15) is 13.2 Å². The smallest absolute Gasteiger partial charge is 0.347 e. The first kappa shape index (κ1) is 15.7. The van der Waals surface area contributed by atoms with Crippen LogP contribution in [-0.2, 0) is 10.0 Å². The highest BCUT2D eigenvalue weighted by Gasteiger charge is 2.29. The quantitative estimate of drug-likeness (QED) is 0.749. The first-order chi connectivity index (χ1) is 9.86. The number of nitrogens with zero attached hydrogens (tertiary/aromatic N) is 1. The molecule has 0 bridgehead atoms. The van der Waals surface area contributed by atoms with E-state index in [1.54, 1.807) is 13.1 Å². The number of carboxylic acid groups (broad SMARTS) is 1. The second kappa shape index (κ2) is 5.96. The molecule has 114 valence electrons. The Bertz CT molecular complexity index is 735. The summed E-state index contributed by atoms with van der Waals surface area (Å²) in [5.41, 5.74) is 0.416. The van der Waals surface area contributed by atoms with Crippen molar-refractivity contribution in [1.29, 1.82) is 0 Å². The van der Waals surface area contributed by atoms with Crippen LogP contribution in [-0.4, -0.2) is 29.5 Å². The number of nitrogens with one attached hydrogen (secondary N) is 2. The Kier molecular flexibility index (Phi) is 4.45. The SMILES string of the molecule is CCC(NS(=O)(=O)c1c(C)csc1C(=O)O)c1ncc[nH]1. The Morgan fingerprint density at radius 1 is 1.57 bits per heavy atom. The van der Waals surface area contributed by atoms with E-state index in [2.05, 4.69) is 14.7 Å². The van der Waals surface area contributed by atoms with Crippen LogP contribution in [0.5, 0.6) is 0 Å². The highest BCUT2D eigenvalue weighted by atomic mass is 32.2. The monoisotopic (exact) mass is 329 g/mol. The zero-order valence-electron chi connectivity index (χ0n) is 11.5. The second-order valence-electron chi connectivity index (χ2n) is 4.44. The summed E-state index contributed by atoms with van der Waals surface area (Å²) in [5, 5.41) is 10.6. The highest BCUT2D eigenvalue weighted by molar-refractivity contribution is 7.89. The van der Waals surface area contributed by atoms with Gasteiger partial charge in [-0.15, -0.1) is 11.3 Å². The number of carbonyl (C=O) groups is 1. The summed E-state index contributed by atoms with van der Waals surface area (Å²) >= 11 is 0.901. The summed E-state index contributed by atoms with van der Waals surface area (Å²) in [4.78, 5) is 17.7. The van der Waals surface area contributed by atoms with Crippen molar-refractivity contribution in [1.82, 2.24) is 14.7 Å². The number of imidazole rings is 1. The van der Waals surface area contributed by atoms with Gasteiger partial charge in [-0.25, -0.2) is 22.9 Å². The fraction of sp³-hybridized carbons (Fsp3) is 0.333. The van der Waals surface area contributed by atoms with E-state index < -0.39 is 22.0 Å². The molecule has 0 saturated heterocycles. The molecule has 2 heterocycles. The molecule has 0 spiro atoms. The lowest BCUT2D eigenvalue weighted by Gasteiger charge is -2.15. The van der Waals surface area contributed by atoms with Gasteiger partial charge in [0, 0.05) is 12.4 Å². The minimum atomic E-state index is -3.94. The van der Waals surface area contributed by atoms with E-state index in [1.807, 2.05) is 6.92 Å². The molecule has 1 atom stereocenters. The zero-order chi connectivity index (χ0) is 15.6. The summed E-state index contributed by atoms with van der Waals surface area (Å²) in [7, 11) is -3.94. The van der Waals surface area contributed by atoms with E-state index in [0.717, 1.165) is 11.3 Å². The number of hydrogen-bond donors (Lipinski definition) is 3. The Hall–Kier alpha value is -1.71. The summed E-state index contributed by atoms with van der Waals surface area (Å²) < 4.78 is 27.5. The maximum atomic E-state index is 12.5. The predicted molar refractivity (Wildman–Crippen MR) is 78.0 cm³/mol. The van der Waals surface area contributed by atoms with Crippen LogP contribution in [0.4, 0.5) is 0 Å². The van der Waals surface area contributed by atoms with Gasteiger partial charge in [0.15, 0.2) is 0 Å². The van der Waals surface area contributed by atoms with Gasteiger partial charge in [0.1, 0.15) is 15.6 Å². The lowest BCUT2D eigenvalue weighted by atomic mass is 10.2. The summed E-state index contributed by atoms with van der Waals surface area (Å²) in [5.74, 6) is -0.759. The molecule has 0 aliphatic heterocycles. The van der Waals surface area contributed by atoms with Crippen LogP contribution in [0.3, 0.4) is 0 Å². The number of carboxylic acids is 1. The minimum absolute atomic E-state index is 0.176. The first-order valence-electron chi connectivity index (χ1n) is 6.19. The van der Waals surface area contributed by atoms with E-state index >= 15 is 0 Å². The third kappa shape index (κ3) is 3.14. The molecule has 7 nitrogen and oxygen atoms in total. The average Bonchev–Trinajstić information content (AvgIpc) is 3.04. The third-order valence-electron chi connectivity index (χ3n) is 2.94. The lowest BCUT2D eigenvalue weighted by molar-refractivity contribution is 0.0698. The Labute approximate surface area is 126 Å². The van der Waals surface area contributed by atoms with Crippen molar-refractivity contribution in [3.05, 3.63) is 34.0 Å². The highest BCUT2D eigenvalue weighted by Crippen LogP contribution is 2.28. The van der Waals surface area contributed by atoms with Crippen LogP contribution in [0.2, 0.25) is 0 Å². The minimum Gasteiger partial charge on any atom is -0.477 e. The Morgan fingerprint density at radius 3 is 2.81 bits per heavy atom. The molecule has 3 N–H and O–H groups in total. The summed E-state index contributed by atoms with van der Waals surface area (Å²) in [6, 6.07) is -0.536. The van der Waals surface area contributed by atoms with Crippen LogP contribution in [0.25, 0.3) is 0 Å². The topological polar surface area (TPSA) is 112 Å². The molecule has 0 aromatic carbocycles. The van der Waals surface area contributed by atoms with Gasteiger partial charge in [0.05, 0.1) is 6.04 Å². The molecule has 2 aromatic rings. The van der Waals surface area contributed by atoms with Crippen molar-refractivity contribution in [3.8, 4) is 0 Å². The van der Waals surface area contributed by atoms with Gasteiger partial charge in [0.2, 0.25) is 10.0 Å². The molecule has 0 amide bonds. The molecule has 0 fully saturated rings. The number of aromatic carboxylic acids is 1. The molecule has 0 aliphatic rings. The van der Waals surface area contributed by atoms with Crippen molar-refractivity contribution in [2.45, 2.75) is 31.2 Å².